The minimum atomic E-state index is -0.696. The monoisotopic (exact) mass is 892 g/mol. The highest BCUT2D eigenvalue weighted by atomic mass is 16.3. The molecule has 3 heteroatoms. The summed E-state index contributed by atoms with van der Waals surface area (Å²) in [4.78, 5) is 4.83. The van der Waals surface area contributed by atoms with Gasteiger partial charge in [-0.25, -0.2) is 0 Å². The minimum Gasteiger partial charge on any atom is -0.455 e. The van der Waals surface area contributed by atoms with Crippen molar-refractivity contribution in [3.05, 3.63) is 289 Å². The van der Waals surface area contributed by atoms with Gasteiger partial charge in [-0.05, 0) is 140 Å². The summed E-state index contributed by atoms with van der Waals surface area (Å²) in [6.07, 6.45) is 0. The number of benzene rings is 11. The first-order chi connectivity index (χ1) is 34.7. The molecule has 14 rings (SSSR count). The predicted molar refractivity (Wildman–Crippen MR) is 290 cm³/mol. The van der Waals surface area contributed by atoms with Crippen LogP contribution in [0.5, 0.6) is 0 Å². The van der Waals surface area contributed by atoms with Gasteiger partial charge in [-0.3, -0.25) is 0 Å². The van der Waals surface area contributed by atoms with Crippen LogP contribution in [0.15, 0.2) is 271 Å². The van der Waals surface area contributed by atoms with Gasteiger partial charge in [-0.1, -0.05) is 188 Å². The number of nitrogens with zero attached hydrogens (tertiary/aromatic N) is 2. The SMILES string of the molecule is c1ccc(-c2cccc(N(c3ccccc3)c3ccc4c(c3)C3(c5cc(N(c6ccccc6)c6cccc(-c7ccccc7)c6)ccc5-4)c4ccccc4-c4c3ccc3c4oc4ccccc43)c2)cc1. The van der Waals surface area contributed by atoms with Crippen LogP contribution < -0.4 is 9.80 Å². The second-order valence-corrected chi connectivity index (χ2v) is 18.4. The van der Waals surface area contributed by atoms with Crippen molar-refractivity contribution in [3.8, 4) is 44.5 Å². The van der Waals surface area contributed by atoms with Crippen LogP contribution in [0.3, 0.4) is 0 Å². The van der Waals surface area contributed by atoms with Crippen molar-refractivity contribution >= 4 is 56.1 Å². The standard InChI is InChI=1S/C67H44N2O/c1-5-19-45(20-6-1)47-23-17-29-51(41-47)68(49-25-9-3-10-26-49)53-35-37-55-56-38-36-54(69(50-27-11-4-12-28-50)52-30-18-24-48(42-52)46-21-7-2-8-22-46)44-63(56)67(62(55)43-53)60-33-15-13-32-59(60)65-61(67)40-39-58-57-31-14-16-34-64(57)70-66(58)65/h1-44H. The summed E-state index contributed by atoms with van der Waals surface area (Å²) >= 11 is 0. The molecule has 0 saturated carbocycles. The van der Waals surface area contributed by atoms with Gasteiger partial charge in [-0.15, -0.1) is 0 Å². The summed E-state index contributed by atoms with van der Waals surface area (Å²) in [5.41, 5.74) is 22.1. The zero-order valence-electron chi connectivity index (χ0n) is 38.2. The predicted octanol–water partition coefficient (Wildman–Crippen LogP) is 18.2. The zero-order valence-corrected chi connectivity index (χ0v) is 38.2. The topological polar surface area (TPSA) is 19.6 Å². The van der Waals surface area contributed by atoms with Crippen molar-refractivity contribution in [2.24, 2.45) is 0 Å². The first kappa shape index (κ1) is 39.9. The van der Waals surface area contributed by atoms with Crippen LogP contribution >= 0.6 is 0 Å². The molecule has 2 aliphatic carbocycles. The van der Waals surface area contributed by atoms with Crippen LogP contribution in [0, 0.1) is 0 Å². The smallest absolute Gasteiger partial charge is 0.143 e. The van der Waals surface area contributed by atoms with E-state index in [9.17, 15) is 0 Å². The highest BCUT2D eigenvalue weighted by Gasteiger charge is 2.53. The zero-order chi connectivity index (χ0) is 46.2. The molecule has 1 aromatic heterocycles. The van der Waals surface area contributed by atoms with Crippen molar-refractivity contribution in [2.45, 2.75) is 5.41 Å². The number of hydrogen-bond acceptors (Lipinski definition) is 3. The lowest BCUT2D eigenvalue weighted by atomic mass is 9.70. The van der Waals surface area contributed by atoms with Gasteiger partial charge in [0.05, 0.1) is 5.41 Å². The first-order valence-corrected chi connectivity index (χ1v) is 24.1. The molecule has 328 valence electrons. The van der Waals surface area contributed by atoms with Crippen LogP contribution in [-0.2, 0) is 5.41 Å². The molecule has 0 bridgehead atoms. The summed E-state index contributed by atoms with van der Waals surface area (Å²) < 4.78 is 6.96. The molecule has 11 aromatic carbocycles. The van der Waals surface area contributed by atoms with E-state index in [1.165, 1.54) is 61.2 Å². The molecule has 0 radical (unpaired) electrons. The Balaban J connectivity index is 1.04. The average molecular weight is 893 g/mol. The van der Waals surface area contributed by atoms with E-state index in [-0.39, 0.29) is 0 Å². The molecular weight excluding hydrogens is 849 g/mol. The Morgan fingerprint density at radius 1 is 0.271 bits per heavy atom. The minimum absolute atomic E-state index is 0.696. The molecule has 0 aliphatic heterocycles. The van der Waals surface area contributed by atoms with Crippen molar-refractivity contribution in [1.82, 2.24) is 0 Å². The molecule has 0 amide bonds. The van der Waals surface area contributed by atoms with E-state index < -0.39 is 5.41 Å². The van der Waals surface area contributed by atoms with Crippen LogP contribution in [0.2, 0.25) is 0 Å². The molecule has 1 spiro atoms. The average Bonchev–Trinajstić information content (AvgIpc) is 4.07. The Morgan fingerprint density at radius 3 is 1.30 bits per heavy atom. The Bertz CT molecular complexity index is 3780. The fourth-order valence-electron chi connectivity index (χ4n) is 11.7. The molecule has 2 aliphatic rings. The molecule has 0 saturated heterocycles. The Labute approximate surface area is 407 Å². The van der Waals surface area contributed by atoms with Gasteiger partial charge in [0.15, 0.2) is 0 Å². The normalized spacial score (nSPS) is 12.7. The highest BCUT2D eigenvalue weighted by Crippen LogP contribution is 2.65. The fraction of sp³-hybridized carbons (Fsp3) is 0.0149. The lowest BCUT2D eigenvalue weighted by Crippen LogP contribution is -2.26. The number of hydrogen-bond donors (Lipinski definition) is 0. The molecule has 70 heavy (non-hydrogen) atoms. The third-order valence-corrected chi connectivity index (χ3v) is 14.6. The number of para-hydroxylation sites is 3. The van der Waals surface area contributed by atoms with E-state index in [1.807, 2.05) is 0 Å². The molecule has 0 unspecified atom stereocenters. The van der Waals surface area contributed by atoms with Crippen LogP contribution in [-0.4, -0.2) is 0 Å². The van der Waals surface area contributed by atoms with Gasteiger partial charge >= 0.3 is 0 Å². The number of anilines is 6. The van der Waals surface area contributed by atoms with E-state index >= 15 is 0 Å². The summed E-state index contributed by atoms with van der Waals surface area (Å²) in [7, 11) is 0. The summed E-state index contributed by atoms with van der Waals surface area (Å²) in [6.45, 7) is 0. The van der Waals surface area contributed by atoms with Crippen molar-refractivity contribution in [1.29, 1.82) is 0 Å². The van der Waals surface area contributed by atoms with E-state index in [1.54, 1.807) is 0 Å². The second-order valence-electron chi connectivity index (χ2n) is 18.4. The number of furan rings is 1. The Morgan fingerprint density at radius 2 is 0.729 bits per heavy atom. The molecule has 1 heterocycles. The van der Waals surface area contributed by atoms with Gasteiger partial charge in [0.2, 0.25) is 0 Å². The summed E-state index contributed by atoms with van der Waals surface area (Å²) in [5, 5.41) is 2.26. The van der Waals surface area contributed by atoms with Crippen molar-refractivity contribution in [2.75, 3.05) is 9.80 Å². The van der Waals surface area contributed by atoms with E-state index in [0.717, 1.165) is 61.6 Å². The lowest BCUT2D eigenvalue weighted by molar-refractivity contribution is 0.669. The molecule has 3 nitrogen and oxygen atoms in total. The van der Waals surface area contributed by atoms with Gasteiger partial charge in [0, 0.05) is 50.5 Å². The van der Waals surface area contributed by atoms with Crippen molar-refractivity contribution in [3.63, 3.8) is 0 Å². The molecule has 0 fully saturated rings. The molecule has 12 aromatic rings. The van der Waals surface area contributed by atoms with Crippen LogP contribution in [0.1, 0.15) is 22.3 Å². The Kier molecular flexibility index (Phi) is 9.11. The maximum absolute atomic E-state index is 6.96. The van der Waals surface area contributed by atoms with Crippen molar-refractivity contribution < 1.29 is 4.42 Å². The largest absolute Gasteiger partial charge is 0.455 e. The fourth-order valence-corrected chi connectivity index (χ4v) is 11.7. The highest BCUT2D eigenvalue weighted by molar-refractivity contribution is 6.13. The maximum Gasteiger partial charge on any atom is 0.143 e. The van der Waals surface area contributed by atoms with Gasteiger partial charge in [0.1, 0.15) is 11.2 Å². The maximum atomic E-state index is 6.96. The third kappa shape index (κ3) is 6.08. The van der Waals surface area contributed by atoms with Crippen LogP contribution in [0.4, 0.5) is 34.1 Å². The summed E-state index contributed by atoms with van der Waals surface area (Å²) in [6, 6.07) is 97.2. The molecule has 0 N–H and O–H groups in total. The van der Waals surface area contributed by atoms with Gasteiger partial charge in [0.25, 0.3) is 0 Å². The Hall–Kier alpha value is -9.18. The molecule has 0 atom stereocenters. The molecular formula is C67H44N2O. The van der Waals surface area contributed by atoms with E-state index in [2.05, 4.69) is 277 Å². The van der Waals surface area contributed by atoms with E-state index in [0.29, 0.717) is 0 Å². The van der Waals surface area contributed by atoms with Gasteiger partial charge in [-0.2, -0.15) is 0 Å². The van der Waals surface area contributed by atoms with Crippen LogP contribution in [0.25, 0.3) is 66.4 Å². The lowest BCUT2D eigenvalue weighted by Gasteiger charge is -2.33. The van der Waals surface area contributed by atoms with Gasteiger partial charge < -0.3 is 14.2 Å². The number of fused-ring (bicyclic) bond motifs is 14. The summed E-state index contributed by atoms with van der Waals surface area (Å²) in [5.74, 6) is 0. The van der Waals surface area contributed by atoms with E-state index in [4.69, 9.17) is 4.42 Å². The second kappa shape index (κ2) is 16.0. The number of rotatable bonds is 8. The quantitative estimate of drug-likeness (QED) is 0.152. The first-order valence-electron chi connectivity index (χ1n) is 24.1. The third-order valence-electron chi connectivity index (χ3n) is 14.6.